The van der Waals surface area contributed by atoms with E-state index in [0.29, 0.717) is 12.2 Å². The molecule has 0 heterocycles. The number of hydrogen-bond donors (Lipinski definition) is 1. The zero-order chi connectivity index (χ0) is 11.8. The molecule has 16 heavy (non-hydrogen) atoms. The van der Waals surface area contributed by atoms with Crippen molar-refractivity contribution in [1.29, 1.82) is 0 Å². The lowest BCUT2D eigenvalue weighted by atomic mass is 10.2. The van der Waals surface area contributed by atoms with Crippen LogP contribution in [0.2, 0.25) is 0 Å². The van der Waals surface area contributed by atoms with Crippen LogP contribution in [-0.4, -0.2) is 17.7 Å². The number of esters is 1. The van der Waals surface area contributed by atoms with Crippen LogP contribution in [0.4, 0.5) is 0 Å². The van der Waals surface area contributed by atoms with Crippen LogP contribution < -0.4 is 4.74 Å². The Hall–Kier alpha value is -1.35. The number of aliphatic hydroxyl groups is 1. The maximum Gasteiger partial charge on any atom is 0.311 e. The second-order valence-electron chi connectivity index (χ2n) is 3.82. The minimum Gasteiger partial charge on any atom is -0.427 e. The smallest absolute Gasteiger partial charge is 0.311 e. The van der Waals surface area contributed by atoms with Gasteiger partial charge >= 0.3 is 5.97 Å². The number of hydrogen-bond acceptors (Lipinski definition) is 3. The molecular weight excluding hydrogens is 204 g/mol. The quantitative estimate of drug-likeness (QED) is 0.457. The number of aliphatic hydroxyl groups excluding tert-OH is 1. The molecule has 0 aliphatic carbocycles. The van der Waals surface area contributed by atoms with Crippen molar-refractivity contribution in [2.45, 2.75) is 32.6 Å². The Labute approximate surface area is 96.1 Å². The van der Waals surface area contributed by atoms with Gasteiger partial charge in [0.25, 0.3) is 0 Å². The molecule has 0 radical (unpaired) electrons. The molecule has 88 valence electrons. The van der Waals surface area contributed by atoms with Crippen LogP contribution in [0.25, 0.3) is 0 Å². The predicted octanol–water partition coefficient (Wildman–Crippen LogP) is 2.45. The molecular formula is C13H18O3. The maximum atomic E-state index is 11.4. The fraction of sp³-hybridized carbons (Fsp3) is 0.462. The predicted molar refractivity (Wildman–Crippen MR) is 62.4 cm³/mol. The Morgan fingerprint density at radius 2 is 1.88 bits per heavy atom. The monoisotopic (exact) mass is 222 g/mol. The summed E-state index contributed by atoms with van der Waals surface area (Å²) in [5, 5.41) is 8.58. The van der Waals surface area contributed by atoms with Gasteiger partial charge in [0, 0.05) is 13.0 Å². The van der Waals surface area contributed by atoms with E-state index in [-0.39, 0.29) is 12.6 Å². The van der Waals surface area contributed by atoms with Gasteiger partial charge in [-0.05, 0) is 31.9 Å². The van der Waals surface area contributed by atoms with Gasteiger partial charge in [0.05, 0.1) is 0 Å². The SMILES string of the molecule is Cc1ccc(OC(=O)CCCCCO)cc1. The molecule has 0 saturated heterocycles. The van der Waals surface area contributed by atoms with Crippen LogP contribution in [0.15, 0.2) is 24.3 Å². The van der Waals surface area contributed by atoms with E-state index in [4.69, 9.17) is 9.84 Å². The molecule has 0 amide bonds. The van der Waals surface area contributed by atoms with Gasteiger partial charge in [-0.2, -0.15) is 0 Å². The molecule has 1 aromatic rings. The third-order valence-electron chi connectivity index (χ3n) is 2.29. The lowest BCUT2D eigenvalue weighted by Crippen LogP contribution is -2.07. The molecule has 1 rings (SSSR count). The van der Waals surface area contributed by atoms with Crippen molar-refractivity contribution in [3.63, 3.8) is 0 Å². The molecule has 3 heteroatoms. The van der Waals surface area contributed by atoms with Gasteiger partial charge in [-0.3, -0.25) is 4.79 Å². The first-order chi connectivity index (χ1) is 7.72. The third kappa shape index (κ3) is 4.94. The highest BCUT2D eigenvalue weighted by Crippen LogP contribution is 2.12. The molecule has 0 saturated carbocycles. The molecule has 0 aliphatic heterocycles. The average Bonchev–Trinajstić information content (AvgIpc) is 2.28. The Morgan fingerprint density at radius 3 is 2.50 bits per heavy atom. The molecule has 0 aliphatic rings. The van der Waals surface area contributed by atoms with E-state index in [0.717, 1.165) is 24.8 Å². The van der Waals surface area contributed by atoms with E-state index in [1.165, 1.54) is 0 Å². The number of aryl methyl sites for hydroxylation is 1. The second kappa shape index (κ2) is 7.01. The van der Waals surface area contributed by atoms with Crippen molar-refractivity contribution in [3.05, 3.63) is 29.8 Å². The average molecular weight is 222 g/mol. The van der Waals surface area contributed by atoms with Crippen molar-refractivity contribution >= 4 is 5.97 Å². The van der Waals surface area contributed by atoms with Crippen LogP contribution in [0.3, 0.4) is 0 Å². The standard InChI is InChI=1S/C13H18O3/c1-11-6-8-12(9-7-11)16-13(15)5-3-2-4-10-14/h6-9,14H,2-5,10H2,1H3. The summed E-state index contributed by atoms with van der Waals surface area (Å²) >= 11 is 0. The molecule has 3 nitrogen and oxygen atoms in total. The molecule has 1 aromatic carbocycles. The minimum absolute atomic E-state index is 0.188. The normalized spacial score (nSPS) is 10.1. The lowest BCUT2D eigenvalue weighted by molar-refractivity contribution is -0.134. The number of carbonyl (C=O) groups is 1. The molecule has 0 fully saturated rings. The largest absolute Gasteiger partial charge is 0.427 e. The summed E-state index contributed by atoms with van der Waals surface area (Å²) in [4.78, 5) is 11.4. The van der Waals surface area contributed by atoms with E-state index in [9.17, 15) is 4.79 Å². The Balaban J connectivity index is 2.26. The van der Waals surface area contributed by atoms with Gasteiger partial charge < -0.3 is 9.84 Å². The summed E-state index contributed by atoms with van der Waals surface area (Å²) in [7, 11) is 0. The number of unbranched alkanes of at least 4 members (excludes halogenated alkanes) is 2. The fourth-order valence-corrected chi connectivity index (χ4v) is 1.35. The molecule has 0 bridgehead atoms. The summed E-state index contributed by atoms with van der Waals surface area (Å²) in [6, 6.07) is 7.41. The Bertz CT molecular complexity index is 316. The summed E-state index contributed by atoms with van der Waals surface area (Å²) < 4.78 is 5.15. The van der Waals surface area contributed by atoms with E-state index in [1.54, 1.807) is 12.1 Å². The first-order valence-electron chi connectivity index (χ1n) is 5.60. The van der Waals surface area contributed by atoms with Crippen molar-refractivity contribution in [3.8, 4) is 5.75 Å². The summed E-state index contributed by atoms with van der Waals surface area (Å²) in [6.07, 6.45) is 2.79. The van der Waals surface area contributed by atoms with Gasteiger partial charge in [0.15, 0.2) is 0 Å². The van der Waals surface area contributed by atoms with Gasteiger partial charge in [0.1, 0.15) is 5.75 Å². The highest BCUT2D eigenvalue weighted by atomic mass is 16.5. The number of benzene rings is 1. The first-order valence-corrected chi connectivity index (χ1v) is 5.60. The molecule has 1 N–H and O–H groups in total. The van der Waals surface area contributed by atoms with Gasteiger partial charge in [0.2, 0.25) is 0 Å². The minimum atomic E-state index is -0.207. The molecule has 0 aromatic heterocycles. The number of ether oxygens (including phenoxy) is 1. The van der Waals surface area contributed by atoms with Crippen LogP contribution in [-0.2, 0) is 4.79 Å². The van der Waals surface area contributed by atoms with Crippen molar-refractivity contribution in [1.82, 2.24) is 0 Å². The number of carbonyl (C=O) groups excluding carboxylic acids is 1. The van der Waals surface area contributed by atoms with Crippen molar-refractivity contribution in [2.75, 3.05) is 6.61 Å². The van der Waals surface area contributed by atoms with Crippen molar-refractivity contribution in [2.24, 2.45) is 0 Å². The Kier molecular flexibility index (Phi) is 5.57. The maximum absolute atomic E-state index is 11.4. The summed E-state index contributed by atoms with van der Waals surface area (Å²) in [5.41, 5.74) is 1.14. The van der Waals surface area contributed by atoms with Crippen LogP contribution >= 0.6 is 0 Å². The van der Waals surface area contributed by atoms with E-state index in [1.807, 2.05) is 19.1 Å². The summed E-state index contributed by atoms with van der Waals surface area (Å²) in [5.74, 6) is 0.388. The summed E-state index contributed by atoms with van der Waals surface area (Å²) in [6.45, 7) is 2.17. The highest BCUT2D eigenvalue weighted by Gasteiger charge is 2.03. The number of rotatable bonds is 6. The molecule has 0 spiro atoms. The highest BCUT2D eigenvalue weighted by molar-refractivity contribution is 5.72. The third-order valence-corrected chi connectivity index (χ3v) is 2.29. The first kappa shape index (κ1) is 12.7. The van der Waals surface area contributed by atoms with Crippen LogP contribution in [0.1, 0.15) is 31.2 Å². The van der Waals surface area contributed by atoms with Crippen LogP contribution in [0.5, 0.6) is 5.75 Å². The zero-order valence-electron chi connectivity index (χ0n) is 9.61. The van der Waals surface area contributed by atoms with E-state index in [2.05, 4.69) is 0 Å². The topological polar surface area (TPSA) is 46.5 Å². The zero-order valence-corrected chi connectivity index (χ0v) is 9.61. The van der Waals surface area contributed by atoms with Crippen molar-refractivity contribution < 1.29 is 14.6 Å². The van der Waals surface area contributed by atoms with E-state index < -0.39 is 0 Å². The van der Waals surface area contributed by atoms with Gasteiger partial charge in [-0.15, -0.1) is 0 Å². The molecule has 0 unspecified atom stereocenters. The lowest BCUT2D eigenvalue weighted by Gasteiger charge is -2.04. The van der Waals surface area contributed by atoms with Gasteiger partial charge in [-0.1, -0.05) is 24.1 Å². The molecule has 0 atom stereocenters. The Morgan fingerprint density at radius 1 is 1.19 bits per heavy atom. The van der Waals surface area contributed by atoms with E-state index >= 15 is 0 Å². The fourth-order valence-electron chi connectivity index (χ4n) is 1.35. The van der Waals surface area contributed by atoms with Gasteiger partial charge in [-0.25, -0.2) is 0 Å². The second-order valence-corrected chi connectivity index (χ2v) is 3.82. The van der Waals surface area contributed by atoms with Crippen LogP contribution in [0, 0.1) is 6.92 Å².